The highest BCUT2D eigenvalue weighted by Crippen LogP contribution is 2.37. The van der Waals surface area contributed by atoms with Crippen LogP contribution in [0.1, 0.15) is 0 Å². The first-order valence-corrected chi connectivity index (χ1v) is 12.2. The van der Waals surface area contributed by atoms with Gasteiger partial charge in [-0.05, 0) is 69.4 Å². The normalized spacial score (nSPS) is 11.3. The molecule has 0 aliphatic carbocycles. The third kappa shape index (κ3) is 3.52. The van der Waals surface area contributed by atoms with Gasteiger partial charge in [0.2, 0.25) is 0 Å². The molecule has 1 aromatic heterocycles. The molecular formula is C34H23NO. The van der Waals surface area contributed by atoms with Crippen LogP contribution in [0.4, 0.5) is 11.4 Å². The molecule has 7 aromatic rings. The second kappa shape index (κ2) is 8.44. The number of anilines is 2. The maximum absolute atomic E-state index is 5.97. The molecule has 170 valence electrons. The fourth-order valence-corrected chi connectivity index (χ4v) is 5.14. The van der Waals surface area contributed by atoms with Gasteiger partial charge < -0.3 is 9.73 Å². The van der Waals surface area contributed by atoms with Crippen molar-refractivity contribution in [2.75, 3.05) is 5.32 Å². The van der Waals surface area contributed by atoms with Gasteiger partial charge in [0.25, 0.3) is 0 Å². The zero-order valence-corrected chi connectivity index (χ0v) is 19.6. The maximum atomic E-state index is 5.97. The quantitative estimate of drug-likeness (QED) is 0.282. The van der Waals surface area contributed by atoms with Gasteiger partial charge in [0.1, 0.15) is 11.2 Å². The maximum Gasteiger partial charge on any atom is 0.135 e. The zero-order valence-electron chi connectivity index (χ0n) is 19.6. The molecular weight excluding hydrogens is 438 g/mol. The summed E-state index contributed by atoms with van der Waals surface area (Å²) in [5, 5.41) is 8.35. The van der Waals surface area contributed by atoms with Crippen molar-refractivity contribution >= 4 is 44.1 Å². The number of hydrogen-bond acceptors (Lipinski definition) is 2. The fraction of sp³-hybridized carbons (Fsp3) is 0. The Labute approximate surface area is 209 Å². The molecule has 1 N–H and O–H groups in total. The molecule has 2 heteroatoms. The van der Waals surface area contributed by atoms with Crippen LogP contribution in [-0.2, 0) is 0 Å². The average Bonchev–Trinajstić information content (AvgIpc) is 3.31. The van der Waals surface area contributed by atoms with Crippen LogP contribution in [-0.4, -0.2) is 0 Å². The molecule has 0 spiro atoms. The van der Waals surface area contributed by atoms with Gasteiger partial charge in [-0.2, -0.15) is 0 Å². The number of hydrogen-bond donors (Lipinski definition) is 1. The highest BCUT2D eigenvalue weighted by atomic mass is 16.3. The SMILES string of the molecule is c1ccc(-c2cccc3cccc(-c4ccc(Nc5ccc6oc7ccccc7c6c5)cc4)c23)cc1. The van der Waals surface area contributed by atoms with Crippen molar-refractivity contribution in [2.24, 2.45) is 0 Å². The van der Waals surface area contributed by atoms with Crippen LogP contribution in [0.5, 0.6) is 0 Å². The molecule has 0 bridgehead atoms. The second-order valence-corrected chi connectivity index (χ2v) is 9.09. The molecule has 0 atom stereocenters. The molecule has 36 heavy (non-hydrogen) atoms. The number of furan rings is 1. The number of rotatable bonds is 4. The Bertz CT molecular complexity index is 1840. The van der Waals surface area contributed by atoms with Crippen molar-refractivity contribution in [3.63, 3.8) is 0 Å². The Hall–Kier alpha value is -4.82. The molecule has 0 amide bonds. The van der Waals surface area contributed by atoms with Gasteiger partial charge in [-0.1, -0.05) is 97.1 Å². The van der Waals surface area contributed by atoms with Gasteiger partial charge >= 0.3 is 0 Å². The van der Waals surface area contributed by atoms with Gasteiger partial charge in [0, 0.05) is 22.1 Å². The molecule has 0 unspecified atom stereocenters. The lowest BCUT2D eigenvalue weighted by atomic mass is 9.91. The summed E-state index contributed by atoms with van der Waals surface area (Å²) in [6, 6.07) is 46.8. The molecule has 0 saturated carbocycles. The third-order valence-corrected chi connectivity index (χ3v) is 6.85. The van der Waals surface area contributed by atoms with E-state index in [4.69, 9.17) is 4.42 Å². The second-order valence-electron chi connectivity index (χ2n) is 9.09. The van der Waals surface area contributed by atoms with E-state index < -0.39 is 0 Å². The Morgan fingerprint density at radius 2 is 1.08 bits per heavy atom. The van der Waals surface area contributed by atoms with E-state index in [2.05, 4.69) is 115 Å². The van der Waals surface area contributed by atoms with Crippen molar-refractivity contribution in [1.82, 2.24) is 0 Å². The predicted molar refractivity (Wildman–Crippen MR) is 152 cm³/mol. The van der Waals surface area contributed by atoms with Crippen LogP contribution in [0.2, 0.25) is 0 Å². The molecule has 6 aromatic carbocycles. The van der Waals surface area contributed by atoms with E-state index in [-0.39, 0.29) is 0 Å². The van der Waals surface area contributed by atoms with Gasteiger partial charge in [-0.15, -0.1) is 0 Å². The average molecular weight is 462 g/mol. The molecule has 1 heterocycles. The molecule has 0 fully saturated rings. The Morgan fingerprint density at radius 3 is 1.86 bits per heavy atom. The van der Waals surface area contributed by atoms with E-state index in [1.807, 2.05) is 24.3 Å². The topological polar surface area (TPSA) is 25.2 Å². The lowest BCUT2D eigenvalue weighted by Crippen LogP contribution is -1.90. The van der Waals surface area contributed by atoms with Crippen LogP contribution in [0.15, 0.2) is 138 Å². The van der Waals surface area contributed by atoms with E-state index in [0.717, 1.165) is 33.3 Å². The van der Waals surface area contributed by atoms with E-state index in [0.29, 0.717) is 0 Å². The van der Waals surface area contributed by atoms with E-state index in [1.165, 1.54) is 33.0 Å². The minimum absolute atomic E-state index is 0.905. The summed E-state index contributed by atoms with van der Waals surface area (Å²) in [5.74, 6) is 0. The van der Waals surface area contributed by atoms with Crippen molar-refractivity contribution < 1.29 is 4.42 Å². The van der Waals surface area contributed by atoms with Crippen molar-refractivity contribution in [2.45, 2.75) is 0 Å². The first-order chi connectivity index (χ1) is 17.8. The summed E-state index contributed by atoms with van der Waals surface area (Å²) in [5.41, 5.74) is 8.84. The first kappa shape index (κ1) is 20.5. The van der Waals surface area contributed by atoms with E-state index in [1.54, 1.807) is 0 Å². The van der Waals surface area contributed by atoms with Crippen molar-refractivity contribution in [3.05, 3.63) is 133 Å². The van der Waals surface area contributed by atoms with Gasteiger partial charge in [-0.25, -0.2) is 0 Å². The van der Waals surface area contributed by atoms with Crippen LogP contribution in [0, 0.1) is 0 Å². The monoisotopic (exact) mass is 461 g/mol. The van der Waals surface area contributed by atoms with Crippen LogP contribution >= 0.6 is 0 Å². The zero-order chi connectivity index (χ0) is 23.9. The fourth-order valence-electron chi connectivity index (χ4n) is 5.14. The number of fused-ring (bicyclic) bond motifs is 4. The standard InChI is InChI=1S/C34H23NO/c1-2-8-23(9-3-1)28-13-6-10-25-11-7-14-29(34(25)28)24-16-18-26(19-17-24)35-27-20-21-33-31(22-27)30-12-4-5-15-32(30)36-33/h1-22,35H. The highest BCUT2D eigenvalue weighted by Gasteiger charge is 2.11. The molecule has 2 nitrogen and oxygen atoms in total. The summed E-state index contributed by atoms with van der Waals surface area (Å²) in [4.78, 5) is 0. The van der Waals surface area contributed by atoms with Gasteiger partial charge in [0.05, 0.1) is 0 Å². The smallest absolute Gasteiger partial charge is 0.135 e. The summed E-state index contributed by atoms with van der Waals surface area (Å²) in [6.45, 7) is 0. The van der Waals surface area contributed by atoms with E-state index >= 15 is 0 Å². The summed E-state index contributed by atoms with van der Waals surface area (Å²) < 4.78 is 5.97. The summed E-state index contributed by atoms with van der Waals surface area (Å²) in [7, 11) is 0. The van der Waals surface area contributed by atoms with Gasteiger partial charge in [-0.3, -0.25) is 0 Å². The lowest BCUT2D eigenvalue weighted by molar-refractivity contribution is 0.669. The number of benzene rings is 6. The van der Waals surface area contributed by atoms with Crippen molar-refractivity contribution in [3.8, 4) is 22.3 Å². The molecule has 7 rings (SSSR count). The van der Waals surface area contributed by atoms with Gasteiger partial charge in [0.15, 0.2) is 0 Å². The molecule has 0 radical (unpaired) electrons. The molecule has 0 aliphatic heterocycles. The highest BCUT2D eigenvalue weighted by molar-refractivity contribution is 6.07. The van der Waals surface area contributed by atoms with Crippen molar-refractivity contribution in [1.29, 1.82) is 0 Å². The third-order valence-electron chi connectivity index (χ3n) is 6.85. The minimum atomic E-state index is 0.905. The Balaban J connectivity index is 1.25. The lowest BCUT2D eigenvalue weighted by Gasteiger charge is -2.13. The van der Waals surface area contributed by atoms with E-state index in [9.17, 15) is 0 Å². The number of nitrogens with one attached hydrogen (secondary N) is 1. The van der Waals surface area contributed by atoms with Crippen LogP contribution in [0.3, 0.4) is 0 Å². The number of para-hydroxylation sites is 1. The minimum Gasteiger partial charge on any atom is -0.456 e. The largest absolute Gasteiger partial charge is 0.456 e. The summed E-state index contributed by atoms with van der Waals surface area (Å²) in [6.07, 6.45) is 0. The molecule has 0 aliphatic rings. The first-order valence-electron chi connectivity index (χ1n) is 12.2. The predicted octanol–water partition coefficient (Wildman–Crippen LogP) is 9.82. The van der Waals surface area contributed by atoms with Crippen LogP contribution in [0.25, 0.3) is 55.0 Å². The molecule has 0 saturated heterocycles. The Kier molecular flexibility index (Phi) is 4.82. The summed E-state index contributed by atoms with van der Waals surface area (Å²) >= 11 is 0. The Morgan fingerprint density at radius 1 is 0.444 bits per heavy atom. The van der Waals surface area contributed by atoms with Crippen LogP contribution < -0.4 is 5.32 Å².